The van der Waals surface area contributed by atoms with Gasteiger partial charge in [-0.3, -0.25) is 4.79 Å². The Labute approximate surface area is 94.7 Å². The molecule has 84 valence electrons. The van der Waals surface area contributed by atoms with Crippen molar-refractivity contribution in [2.75, 3.05) is 18.4 Å². The van der Waals surface area contributed by atoms with Crippen molar-refractivity contribution in [3.05, 3.63) is 0 Å². The number of hydrogen-bond donors (Lipinski definition) is 1. The number of hydrogen-bond acceptors (Lipinski definition) is 3. The Morgan fingerprint density at radius 3 is 2.36 bits per heavy atom. The average Bonchev–Trinajstić information content (AvgIpc) is 2.54. The van der Waals surface area contributed by atoms with Gasteiger partial charge in [-0.2, -0.15) is 0 Å². The Balaban J connectivity index is 0.000000241. The molecule has 1 N–H and O–H groups in total. The highest BCUT2D eigenvalue weighted by molar-refractivity contribution is 9.09. The third kappa shape index (κ3) is 8.51. The van der Waals surface area contributed by atoms with Gasteiger partial charge in [0.25, 0.3) is 6.47 Å². The summed E-state index contributed by atoms with van der Waals surface area (Å²) in [4.78, 5) is 9.60. The summed E-state index contributed by atoms with van der Waals surface area (Å²) in [6, 6.07) is 0. The number of alkyl halides is 1. The van der Waals surface area contributed by atoms with Gasteiger partial charge in [0, 0.05) is 5.33 Å². The minimum absolute atomic E-state index is 0.318. The van der Waals surface area contributed by atoms with Crippen LogP contribution in [0.5, 0.6) is 0 Å². The van der Waals surface area contributed by atoms with Crippen LogP contribution in [0.15, 0.2) is 0 Å². The molecule has 0 radical (unpaired) electrons. The molecule has 1 saturated heterocycles. The van der Waals surface area contributed by atoms with E-state index < -0.39 is 0 Å². The fourth-order valence-corrected chi connectivity index (χ4v) is 1.54. The van der Waals surface area contributed by atoms with Gasteiger partial charge in [-0.1, -0.05) is 15.9 Å². The van der Waals surface area contributed by atoms with Gasteiger partial charge in [-0.25, -0.2) is 0 Å². The zero-order valence-corrected chi connectivity index (χ0v) is 10.8. The van der Waals surface area contributed by atoms with E-state index in [0.717, 1.165) is 5.92 Å². The van der Waals surface area contributed by atoms with E-state index in [2.05, 4.69) is 26.0 Å². The van der Waals surface area contributed by atoms with Gasteiger partial charge in [-0.05, 0) is 46.2 Å². The Hall–Kier alpha value is -0.0900. The summed E-state index contributed by atoms with van der Waals surface area (Å²) < 4.78 is 4.55. The highest BCUT2D eigenvalue weighted by Crippen LogP contribution is 2.08. The molecule has 1 rings (SSSR count). The van der Waals surface area contributed by atoms with Gasteiger partial charge < -0.3 is 10.1 Å². The molecule has 1 heterocycles. The van der Waals surface area contributed by atoms with Crippen molar-refractivity contribution in [3.63, 3.8) is 0 Å². The number of halogens is 1. The fourth-order valence-electron chi connectivity index (χ4n) is 0.990. The number of carbonyl (C=O) groups is 1. The molecule has 14 heavy (non-hydrogen) atoms. The largest absolute Gasteiger partial charge is 0.462 e. The zero-order chi connectivity index (χ0) is 11.0. The molecular weight excluding hydrogens is 246 g/mol. The Morgan fingerprint density at radius 2 is 2.21 bits per heavy atom. The molecule has 1 unspecified atom stereocenters. The van der Waals surface area contributed by atoms with Crippen LogP contribution < -0.4 is 5.32 Å². The van der Waals surface area contributed by atoms with Crippen LogP contribution in [0.2, 0.25) is 0 Å². The zero-order valence-electron chi connectivity index (χ0n) is 9.18. The van der Waals surface area contributed by atoms with Crippen molar-refractivity contribution in [1.29, 1.82) is 0 Å². The fraction of sp³-hybridized carbons (Fsp3) is 0.900. The summed E-state index contributed by atoms with van der Waals surface area (Å²) in [6.45, 7) is 8.35. The summed E-state index contributed by atoms with van der Waals surface area (Å²) in [5.41, 5.74) is -0.318. The summed E-state index contributed by atoms with van der Waals surface area (Å²) in [6.07, 6.45) is 1.35. The standard InChI is InChI=1S/C5H10BrN.C5H10O2/c6-3-5-1-2-7-4-5;1-5(2,3)7-4-6/h5,7H,1-4H2;4H,1-3H3. The normalized spacial score (nSPS) is 21.0. The molecule has 1 aliphatic rings. The molecule has 1 fully saturated rings. The van der Waals surface area contributed by atoms with Crippen molar-refractivity contribution in [2.24, 2.45) is 5.92 Å². The van der Waals surface area contributed by atoms with E-state index in [4.69, 9.17) is 0 Å². The molecule has 0 aromatic carbocycles. The predicted octanol–water partition coefficient (Wildman–Crippen LogP) is 1.95. The lowest BCUT2D eigenvalue weighted by Gasteiger charge is -2.14. The van der Waals surface area contributed by atoms with E-state index in [1.54, 1.807) is 0 Å². The second-order valence-electron chi connectivity index (χ2n) is 4.34. The Kier molecular flexibility index (Phi) is 7.19. The maximum absolute atomic E-state index is 9.60. The molecule has 0 amide bonds. The van der Waals surface area contributed by atoms with Crippen LogP contribution in [0.4, 0.5) is 0 Å². The van der Waals surface area contributed by atoms with Gasteiger partial charge in [-0.15, -0.1) is 0 Å². The molecule has 0 aromatic rings. The van der Waals surface area contributed by atoms with Gasteiger partial charge in [0.15, 0.2) is 0 Å². The van der Waals surface area contributed by atoms with E-state index in [1.165, 1.54) is 24.8 Å². The maximum atomic E-state index is 9.60. The van der Waals surface area contributed by atoms with Crippen LogP contribution in [-0.2, 0) is 9.53 Å². The van der Waals surface area contributed by atoms with Gasteiger partial charge in [0.2, 0.25) is 0 Å². The number of rotatable bonds is 2. The molecule has 0 saturated carbocycles. The van der Waals surface area contributed by atoms with E-state index in [0.29, 0.717) is 6.47 Å². The molecular formula is C10H20BrNO2. The summed E-state index contributed by atoms with van der Waals surface area (Å²) in [5, 5.41) is 4.46. The van der Waals surface area contributed by atoms with E-state index in [-0.39, 0.29) is 5.60 Å². The van der Waals surface area contributed by atoms with Crippen molar-refractivity contribution in [1.82, 2.24) is 5.32 Å². The number of ether oxygens (including phenoxy) is 1. The highest BCUT2D eigenvalue weighted by Gasteiger charge is 2.11. The van der Waals surface area contributed by atoms with Crippen LogP contribution >= 0.6 is 15.9 Å². The number of carbonyl (C=O) groups excluding carboxylic acids is 1. The first kappa shape index (κ1) is 13.9. The smallest absolute Gasteiger partial charge is 0.293 e. The van der Waals surface area contributed by atoms with Crippen LogP contribution in [-0.4, -0.2) is 30.5 Å². The topological polar surface area (TPSA) is 38.3 Å². The minimum atomic E-state index is -0.318. The maximum Gasteiger partial charge on any atom is 0.293 e. The molecule has 1 aliphatic heterocycles. The molecule has 4 heteroatoms. The summed E-state index contributed by atoms with van der Waals surface area (Å²) in [7, 11) is 0. The van der Waals surface area contributed by atoms with Crippen molar-refractivity contribution in [3.8, 4) is 0 Å². The van der Waals surface area contributed by atoms with Crippen LogP contribution in [0.25, 0.3) is 0 Å². The average molecular weight is 266 g/mol. The quantitative estimate of drug-likeness (QED) is 0.613. The van der Waals surface area contributed by atoms with Gasteiger partial charge in [0.05, 0.1) is 0 Å². The third-order valence-corrected chi connectivity index (χ3v) is 2.70. The van der Waals surface area contributed by atoms with Crippen LogP contribution in [0, 0.1) is 5.92 Å². The Morgan fingerprint density at radius 1 is 1.57 bits per heavy atom. The van der Waals surface area contributed by atoms with Crippen molar-refractivity contribution >= 4 is 22.4 Å². The molecule has 0 bridgehead atoms. The predicted molar refractivity (Wildman–Crippen MR) is 61.7 cm³/mol. The third-order valence-electron chi connectivity index (χ3n) is 1.78. The highest BCUT2D eigenvalue weighted by atomic mass is 79.9. The lowest BCUT2D eigenvalue weighted by atomic mass is 10.2. The first-order valence-corrected chi connectivity index (χ1v) is 6.00. The van der Waals surface area contributed by atoms with E-state index >= 15 is 0 Å². The SMILES string of the molecule is BrCC1CCNC1.CC(C)(C)OC=O. The molecule has 0 spiro atoms. The van der Waals surface area contributed by atoms with E-state index in [1.807, 2.05) is 20.8 Å². The first-order chi connectivity index (χ1) is 6.49. The van der Waals surface area contributed by atoms with E-state index in [9.17, 15) is 4.79 Å². The molecule has 3 nitrogen and oxygen atoms in total. The van der Waals surface area contributed by atoms with Crippen molar-refractivity contribution in [2.45, 2.75) is 32.8 Å². The van der Waals surface area contributed by atoms with Crippen molar-refractivity contribution < 1.29 is 9.53 Å². The molecule has 0 aromatic heterocycles. The lowest BCUT2D eigenvalue weighted by Crippen LogP contribution is -2.17. The van der Waals surface area contributed by atoms with Gasteiger partial charge >= 0.3 is 0 Å². The first-order valence-electron chi connectivity index (χ1n) is 4.87. The number of nitrogens with one attached hydrogen (secondary N) is 1. The van der Waals surface area contributed by atoms with Gasteiger partial charge in [0.1, 0.15) is 5.60 Å². The summed E-state index contributed by atoms with van der Waals surface area (Å²) >= 11 is 3.44. The minimum Gasteiger partial charge on any atom is -0.462 e. The molecule has 1 atom stereocenters. The summed E-state index contributed by atoms with van der Waals surface area (Å²) in [5.74, 6) is 0.903. The van der Waals surface area contributed by atoms with Crippen LogP contribution in [0.3, 0.4) is 0 Å². The molecule has 0 aliphatic carbocycles. The monoisotopic (exact) mass is 265 g/mol. The Bertz CT molecular complexity index is 151. The lowest BCUT2D eigenvalue weighted by molar-refractivity contribution is -0.138. The second kappa shape index (κ2) is 7.23. The van der Waals surface area contributed by atoms with Crippen LogP contribution in [0.1, 0.15) is 27.2 Å². The second-order valence-corrected chi connectivity index (χ2v) is 4.99.